The maximum atomic E-state index is 4.25. The molecule has 0 aromatic carbocycles. The molecule has 0 heteroatoms. The molecule has 1 aliphatic rings. The fourth-order valence-corrected chi connectivity index (χ4v) is 2.88. The molecule has 0 saturated heterocycles. The smallest absolute Gasteiger partial charge is 0.0140 e. The number of hydrogen-bond acceptors (Lipinski definition) is 0. The molecule has 0 aliphatic heterocycles. The van der Waals surface area contributed by atoms with Gasteiger partial charge in [-0.2, -0.15) is 0 Å². The third-order valence-corrected chi connectivity index (χ3v) is 4.10. The first-order valence-corrected chi connectivity index (χ1v) is 7.24. The van der Waals surface area contributed by atoms with Crippen LogP contribution in [-0.4, -0.2) is 0 Å². The van der Waals surface area contributed by atoms with Gasteiger partial charge in [-0.25, -0.2) is 0 Å². The first kappa shape index (κ1) is 15.8. The third-order valence-electron chi connectivity index (χ3n) is 4.10. The lowest BCUT2D eigenvalue weighted by Gasteiger charge is -2.35. The standard InChI is InChI=1S/C19H28/c1-7-17-11-12-18(13-19(17)15(4)5)16(6)10-8-9-14(2)3/h7-10,17-19H,1,4,6,11-13H2,2-3,5H3/b10-8+/t17-,18-,19+/m0/s1. The molecule has 0 aromatic rings. The maximum absolute atomic E-state index is 4.25. The Morgan fingerprint density at radius 2 is 1.79 bits per heavy atom. The van der Waals surface area contributed by atoms with E-state index in [2.05, 4.69) is 64.8 Å². The Kier molecular flexibility index (Phi) is 6.08. The van der Waals surface area contributed by atoms with Crippen LogP contribution in [0.5, 0.6) is 0 Å². The maximum Gasteiger partial charge on any atom is -0.0140 e. The van der Waals surface area contributed by atoms with Crippen LogP contribution in [0.15, 0.2) is 60.8 Å². The first-order valence-electron chi connectivity index (χ1n) is 7.24. The minimum atomic E-state index is 0.574. The van der Waals surface area contributed by atoms with E-state index in [1.165, 1.54) is 36.0 Å². The quantitative estimate of drug-likeness (QED) is 0.427. The molecule has 0 unspecified atom stereocenters. The lowest BCUT2D eigenvalue weighted by Crippen LogP contribution is -2.24. The molecule has 1 fully saturated rings. The zero-order chi connectivity index (χ0) is 14.4. The van der Waals surface area contributed by atoms with E-state index in [0.717, 1.165) is 0 Å². The van der Waals surface area contributed by atoms with E-state index < -0.39 is 0 Å². The zero-order valence-electron chi connectivity index (χ0n) is 12.8. The molecule has 0 amide bonds. The van der Waals surface area contributed by atoms with Crippen molar-refractivity contribution in [1.82, 2.24) is 0 Å². The molecule has 0 spiro atoms. The van der Waals surface area contributed by atoms with Gasteiger partial charge >= 0.3 is 0 Å². The van der Waals surface area contributed by atoms with Crippen LogP contribution < -0.4 is 0 Å². The predicted molar refractivity (Wildman–Crippen MR) is 87.0 cm³/mol. The molecular weight excluding hydrogens is 228 g/mol. The third kappa shape index (κ3) is 4.70. The van der Waals surface area contributed by atoms with Gasteiger partial charge in [0.05, 0.1) is 0 Å². The number of rotatable bonds is 5. The summed E-state index contributed by atoms with van der Waals surface area (Å²) in [5.41, 5.74) is 3.86. The molecule has 0 aromatic heterocycles. The molecule has 1 rings (SSSR count). The average Bonchev–Trinajstić information content (AvgIpc) is 2.37. The Balaban J connectivity index is 2.68. The molecule has 104 valence electrons. The highest BCUT2D eigenvalue weighted by molar-refractivity contribution is 5.24. The Morgan fingerprint density at radius 1 is 1.11 bits per heavy atom. The molecule has 0 N–H and O–H groups in total. The van der Waals surface area contributed by atoms with Gasteiger partial charge in [-0.1, -0.05) is 54.2 Å². The topological polar surface area (TPSA) is 0 Å². The molecule has 1 saturated carbocycles. The minimum absolute atomic E-state index is 0.574. The molecule has 0 nitrogen and oxygen atoms in total. The summed E-state index contributed by atoms with van der Waals surface area (Å²) in [7, 11) is 0. The van der Waals surface area contributed by atoms with Crippen molar-refractivity contribution in [3.05, 3.63) is 60.8 Å². The fourth-order valence-electron chi connectivity index (χ4n) is 2.88. The van der Waals surface area contributed by atoms with E-state index in [9.17, 15) is 0 Å². The highest BCUT2D eigenvalue weighted by Gasteiger charge is 2.29. The predicted octanol–water partition coefficient (Wildman–Crippen LogP) is 5.86. The number of hydrogen-bond donors (Lipinski definition) is 0. The van der Waals surface area contributed by atoms with E-state index in [0.29, 0.717) is 17.8 Å². The molecule has 19 heavy (non-hydrogen) atoms. The Labute approximate surface area is 119 Å². The second-order valence-electron chi connectivity index (χ2n) is 6.04. The van der Waals surface area contributed by atoms with Crippen molar-refractivity contribution in [3.63, 3.8) is 0 Å². The van der Waals surface area contributed by atoms with E-state index in [1.807, 2.05) is 0 Å². The minimum Gasteiger partial charge on any atom is -0.103 e. The molecule has 1 aliphatic carbocycles. The van der Waals surface area contributed by atoms with Crippen molar-refractivity contribution >= 4 is 0 Å². The Bertz CT molecular complexity index is 402. The summed E-state index contributed by atoms with van der Waals surface area (Å²) >= 11 is 0. The Hall–Kier alpha value is -1.30. The molecule has 0 radical (unpaired) electrons. The molecular formula is C19H28. The van der Waals surface area contributed by atoms with Gasteiger partial charge < -0.3 is 0 Å². The lowest BCUT2D eigenvalue weighted by atomic mass is 9.69. The van der Waals surface area contributed by atoms with Crippen LogP contribution in [0.25, 0.3) is 0 Å². The van der Waals surface area contributed by atoms with Gasteiger partial charge in [-0.15, -0.1) is 6.58 Å². The van der Waals surface area contributed by atoms with Crippen LogP contribution in [-0.2, 0) is 0 Å². The van der Waals surface area contributed by atoms with Gasteiger partial charge in [0.2, 0.25) is 0 Å². The van der Waals surface area contributed by atoms with Crippen LogP contribution in [0.3, 0.4) is 0 Å². The summed E-state index contributed by atoms with van der Waals surface area (Å²) in [5.74, 6) is 1.77. The highest BCUT2D eigenvalue weighted by Crippen LogP contribution is 2.40. The summed E-state index contributed by atoms with van der Waals surface area (Å²) in [4.78, 5) is 0. The molecule has 3 atom stereocenters. The summed E-state index contributed by atoms with van der Waals surface area (Å²) in [6.07, 6.45) is 12.1. The highest BCUT2D eigenvalue weighted by atomic mass is 14.3. The van der Waals surface area contributed by atoms with Crippen molar-refractivity contribution < 1.29 is 0 Å². The fraction of sp³-hybridized carbons (Fsp3) is 0.474. The average molecular weight is 256 g/mol. The van der Waals surface area contributed by atoms with Crippen LogP contribution in [0.2, 0.25) is 0 Å². The molecule has 0 heterocycles. The van der Waals surface area contributed by atoms with Crippen molar-refractivity contribution in [2.24, 2.45) is 17.8 Å². The normalized spacial score (nSPS) is 27.0. The zero-order valence-corrected chi connectivity index (χ0v) is 12.8. The number of allylic oxidation sites excluding steroid dienone is 7. The van der Waals surface area contributed by atoms with Crippen LogP contribution in [0, 0.1) is 17.8 Å². The van der Waals surface area contributed by atoms with Gasteiger partial charge in [0, 0.05) is 0 Å². The van der Waals surface area contributed by atoms with Gasteiger partial charge in [0.1, 0.15) is 0 Å². The van der Waals surface area contributed by atoms with E-state index >= 15 is 0 Å². The molecule has 0 bridgehead atoms. The second kappa shape index (κ2) is 7.33. The van der Waals surface area contributed by atoms with Crippen molar-refractivity contribution in [2.75, 3.05) is 0 Å². The van der Waals surface area contributed by atoms with E-state index in [4.69, 9.17) is 0 Å². The lowest BCUT2D eigenvalue weighted by molar-refractivity contribution is 0.271. The SMILES string of the molecule is C=C[C@H]1CC[C@H](C(=C)/C=C/C=C(C)C)C[C@@H]1C(=C)C. The van der Waals surface area contributed by atoms with Crippen LogP contribution in [0.1, 0.15) is 40.0 Å². The van der Waals surface area contributed by atoms with Gasteiger partial charge in [-0.3, -0.25) is 0 Å². The monoisotopic (exact) mass is 256 g/mol. The first-order chi connectivity index (χ1) is 8.95. The van der Waals surface area contributed by atoms with E-state index in [1.54, 1.807) is 0 Å². The Morgan fingerprint density at radius 3 is 2.32 bits per heavy atom. The summed E-state index contributed by atoms with van der Waals surface area (Å²) in [5, 5.41) is 0. The van der Waals surface area contributed by atoms with Crippen LogP contribution in [0.4, 0.5) is 0 Å². The van der Waals surface area contributed by atoms with E-state index in [-0.39, 0.29) is 0 Å². The van der Waals surface area contributed by atoms with Crippen molar-refractivity contribution in [1.29, 1.82) is 0 Å². The largest absolute Gasteiger partial charge is 0.103 e. The van der Waals surface area contributed by atoms with Crippen molar-refractivity contribution in [2.45, 2.75) is 40.0 Å². The van der Waals surface area contributed by atoms with Crippen molar-refractivity contribution in [3.8, 4) is 0 Å². The summed E-state index contributed by atoms with van der Waals surface area (Å²) < 4.78 is 0. The van der Waals surface area contributed by atoms with Gasteiger partial charge in [-0.05, 0) is 57.8 Å². The second-order valence-corrected chi connectivity index (χ2v) is 6.04. The summed E-state index contributed by atoms with van der Waals surface area (Å²) in [6, 6.07) is 0. The summed E-state index contributed by atoms with van der Waals surface area (Å²) in [6.45, 7) is 18.7. The van der Waals surface area contributed by atoms with Crippen LogP contribution >= 0.6 is 0 Å². The van der Waals surface area contributed by atoms with Gasteiger partial charge in [0.25, 0.3) is 0 Å². The van der Waals surface area contributed by atoms with Gasteiger partial charge in [0.15, 0.2) is 0 Å².